The number of pyridine rings is 1. The van der Waals surface area contributed by atoms with Crippen LogP contribution < -0.4 is 5.56 Å². The fourth-order valence-electron chi connectivity index (χ4n) is 4.17. The highest BCUT2D eigenvalue weighted by molar-refractivity contribution is 5.95. The molecule has 3 heterocycles. The second-order valence-electron chi connectivity index (χ2n) is 7.16. The van der Waals surface area contributed by atoms with Crippen LogP contribution in [0.4, 0.5) is 0 Å². The summed E-state index contributed by atoms with van der Waals surface area (Å²) in [5.41, 5.74) is 0.330. The van der Waals surface area contributed by atoms with Gasteiger partial charge in [-0.1, -0.05) is 6.92 Å². The van der Waals surface area contributed by atoms with Crippen LogP contribution in [-0.4, -0.2) is 52.3 Å². The summed E-state index contributed by atoms with van der Waals surface area (Å²) in [6.45, 7) is 5.70. The number of H-pyrrole nitrogens is 1. The molecule has 0 saturated carbocycles. The Bertz CT molecular complexity index is 823. The Morgan fingerprint density at radius 2 is 2.15 bits per heavy atom. The molecule has 1 aromatic rings. The topological polar surface area (TPSA) is 97.3 Å². The van der Waals surface area contributed by atoms with Gasteiger partial charge in [0, 0.05) is 37.8 Å². The normalized spacial score (nSPS) is 22.7. The first kappa shape index (κ1) is 18.2. The van der Waals surface area contributed by atoms with Crippen molar-refractivity contribution in [3.8, 4) is 6.07 Å². The van der Waals surface area contributed by atoms with Gasteiger partial charge in [0.05, 0.1) is 5.56 Å². The molecule has 2 fully saturated rings. The van der Waals surface area contributed by atoms with Crippen molar-refractivity contribution in [3.05, 3.63) is 33.2 Å². The zero-order valence-electron chi connectivity index (χ0n) is 15.2. The summed E-state index contributed by atoms with van der Waals surface area (Å²) in [6.07, 6.45) is 3.06. The maximum absolute atomic E-state index is 13.0. The summed E-state index contributed by atoms with van der Waals surface area (Å²) < 4.78 is 0. The molecule has 2 unspecified atom stereocenters. The minimum atomic E-state index is -0.471. The summed E-state index contributed by atoms with van der Waals surface area (Å²) >= 11 is 0. The molecule has 26 heavy (non-hydrogen) atoms. The summed E-state index contributed by atoms with van der Waals surface area (Å²) in [6, 6.07) is 3.43. The Morgan fingerprint density at radius 3 is 2.85 bits per heavy atom. The predicted molar refractivity (Wildman–Crippen MR) is 95.6 cm³/mol. The standard InChI is InChI=1S/C19H24N4O3/c1-3-7-23-16-6-8-22(11-13(16)4-5-17(23)24)19(26)15-9-14(10-20)18(25)21-12(15)2/h9,13,16H,3-8,11H2,1-2H3,(H,21,25). The average Bonchev–Trinajstić information content (AvgIpc) is 2.63. The fourth-order valence-corrected chi connectivity index (χ4v) is 4.17. The van der Waals surface area contributed by atoms with Gasteiger partial charge in [-0.3, -0.25) is 14.4 Å². The van der Waals surface area contributed by atoms with Crippen molar-refractivity contribution in [2.45, 2.75) is 45.6 Å². The van der Waals surface area contributed by atoms with E-state index in [9.17, 15) is 14.4 Å². The van der Waals surface area contributed by atoms with Crippen LogP contribution in [0, 0.1) is 24.2 Å². The molecule has 0 aliphatic carbocycles. The largest absolute Gasteiger partial charge is 0.339 e. The zero-order valence-corrected chi connectivity index (χ0v) is 15.2. The van der Waals surface area contributed by atoms with Crippen LogP contribution in [0.15, 0.2) is 10.9 Å². The van der Waals surface area contributed by atoms with Gasteiger partial charge in [0.15, 0.2) is 0 Å². The molecular weight excluding hydrogens is 332 g/mol. The molecule has 0 radical (unpaired) electrons. The van der Waals surface area contributed by atoms with Gasteiger partial charge in [-0.15, -0.1) is 0 Å². The molecule has 1 aromatic heterocycles. The van der Waals surface area contributed by atoms with Gasteiger partial charge in [-0.2, -0.15) is 5.26 Å². The number of carbonyl (C=O) groups is 2. The van der Waals surface area contributed by atoms with Crippen LogP contribution in [0.2, 0.25) is 0 Å². The molecule has 2 aliphatic heterocycles. The van der Waals surface area contributed by atoms with Crippen molar-refractivity contribution < 1.29 is 9.59 Å². The first-order valence-corrected chi connectivity index (χ1v) is 9.19. The molecule has 0 aromatic carbocycles. The number of nitrogens with zero attached hydrogens (tertiary/aromatic N) is 3. The Labute approximate surface area is 152 Å². The van der Waals surface area contributed by atoms with Gasteiger partial charge in [0.1, 0.15) is 11.6 Å². The molecule has 7 nitrogen and oxygen atoms in total. The van der Waals surface area contributed by atoms with Crippen molar-refractivity contribution in [2.75, 3.05) is 19.6 Å². The number of hydrogen-bond donors (Lipinski definition) is 1. The SMILES string of the molecule is CCCN1C(=O)CCC2CN(C(=O)c3cc(C#N)c(=O)[nH]c3C)CCC21. The van der Waals surface area contributed by atoms with Crippen molar-refractivity contribution in [1.82, 2.24) is 14.8 Å². The second kappa shape index (κ2) is 7.32. The number of nitrogens with one attached hydrogen (secondary N) is 1. The van der Waals surface area contributed by atoms with Crippen LogP contribution in [0.25, 0.3) is 0 Å². The number of aryl methyl sites for hydroxylation is 1. The number of rotatable bonds is 3. The van der Waals surface area contributed by atoms with E-state index in [0.29, 0.717) is 30.8 Å². The summed E-state index contributed by atoms with van der Waals surface area (Å²) in [4.78, 5) is 43.2. The van der Waals surface area contributed by atoms with Crippen LogP contribution in [-0.2, 0) is 4.79 Å². The second-order valence-corrected chi connectivity index (χ2v) is 7.16. The third-order valence-corrected chi connectivity index (χ3v) is 5.48. The lowest BCUT2D eigenvalue weighted by Gasteiger charge is -2.47. The summed E-state index contributed by atoms with van der Waals surface area (Å²) in [5.74, 6) is 0.353. The van der Waals surface area contributed by atoms with Crippen LogP contribution in [0.3, 0.4) is 0 Å². The lowest BCUT2D eigenvalue weighted by atomic mass is 9.83. The summed E-state index contributed by atoms with van der Waals surface area (Å²) in [7, 11) is 0. The molecule has 1 N–H and O–H groups in total. The lowest BCUT2D eigenvalue weighted by molar-refractivity contribution is -0.140. The fraction of sp³-hybridized carbons (Fsp3) is 0.579. The van der Waals surface area contributed by atoms with Crippen LogP contribution in [0.5, 0.6) is 0 Å². The van der Waals surface area contributed by atoms with Crippen molar-refractivity contribution in [3.63, 3.8) is 0 Å². The highest BCUT2D eigenvalue weighted by Crippen LogP contribution is 2.32. The third-order valence-electron chi connectivity index (χ3n) is 5.48. The smallest absolute Gasteiger partial charge is 0.266 e. The number of carbonyl (C=O) groups excluding carboxylic acids is 2. The van der Waals surface area contributed by atoms with E-state index in [1.807, 2.05) is 11.0 Å². The monoisotopic (exact) mass is 356 g/mol. The number of fused-ring (bicyclic) bond motifs is 1. The Kier molecular flexibility index (Phi) is 5.12. The third kappa shape index (κ3) is 3.24. The van der Waals surface area contributed by atoms with Gasteiger partial charge in [0.25, 0.3) is 11.5 Å². The number of amides is 2. The number of piperidine rings is 2. The number of aromatic amines is 1. The van der Waals surface area contributed by atoms with Crippen molar-refractivity contribution >= 4 is 11.8 Å². The molecule has 2 atom stereocenters. The van der Waals surface area contributed by atoms with Gasteiger partial charge >= 0.3 is 0 Å². The Hall–Kier alpha value is -2.62. The number of hydrogen-bond acceptors (Lipinski definition) is 4. The van der Waals surface area contributed by atoms with Gasteiger partial charge in [-0.25, -0.2) is 0 Å². The number of aromatic nitrogens is 1. The van der Waals surface area contributed by atoms with E-state index in [4.69, 9.17) is 5.26 Å². The molecule has 0 bridgehead atoms. The molecule has 2 aliphatic rings. The highest BCUT2D eigenvalue weighted by Gasteiger charge is 2.40. The molecule has 2 saturated heterocycles. The van der Waals surface area contributed by atoms with E-state index in [2.05, 4.69) is 11.9 Å². The zero-order chi connectivity index (χ0) is 18.8. The lowest BCUT2D eigenvalue weighted by Crippen LogP contribution is -2.57. The maximum Gasteiger partial charge on any atom is 0.266 e. The predicted octanol–water partition coefficient (Wildman–Crippen LogP) is 1.42. The van der Waals surface area contributed by atoms with E-state index in [1.54, 1.807) is 11.8 Å². The van der Waals surface area contributed by atoms with Crippen molar-refractivity contribution in [2.24, 2.45) is 5.92 Å². The van der Waals surface area contributed by atoms with Gasteiger partial charge < -0.3 is 14.8 Å². The molecule has 138 valence electrons. The minimum Gasteiger partial charge on any atom is -0.339 e. The molecular formula is C19H24N4O3. The van der Waals surface area contributed by atoms with E-state index >= 15 is 0 Å². The first-order chi connectivity index (χ1) is 12.5. The van der Waals surface area contributed by atoms with E-state index in [-0.39, 0.29) is 29.3 Å². The molecule has 0 spiro atoms. The molecule has 3 rings (SSSR count). The summed E-state index contributed by atoms with van der Waals surface area (Å²) in [5, 5.41) is 9.05. The van der Waals surface area contributed by atoms with E-state index in [1.165, 1.54) is 6.07 Å². The Balaban J connectivity index is 1.79. The van der Waals surface area contributed by atoms with E-state index in [0.717, 1.165) is 25.8 Å². The quantitative estimate of drug-likeness (QED) is 0.885. The number of likely N-dealkylation sites (tertiary alicyclic amines) is 2. The molecule has 7 heteroatoms. The highest BCUT2D eigenvalue weighted by atomic mass is 16.2. The Morgan fingerprint density at radius 1 is 1.38 bits per heavy atom. The van der Waals surface area contributed by atoms with Gasteiger partial charge in [0.2, 0.25) is 5.91 Å². The average molecular weight is 356 g/mol. The number of nitriles is 1. The van der Waals surface area contributed by atoms with Crippen LogP contribution in [0.1, 0.15) is 54.2 Å². The molecule has 2 amide bonds. The first-order valence-electron chi connectivity index (χ1n) is 9.19. The van der Waals surface area contributed by atoms with E-state index < -0.39 is 5.56 Å². The van der Waals surface area contributed by atoms with Crippen LogP contribution >= 0.6 is 0 Å². The maximum atomic E-state index is 13.0. The van der Waals surface area contributed by atoms with Gasteiger partial charge in [-0.05, 0) is 38.2 Å². The van der Waals surface area contributed by atoms with Crippen molar-refractivity contribution in [1.29, 1.82) is 5.26 Å². The minimum absolute atomic E-state index is 0.0498.